The molecule has 0 unspecified atom stereocenters. The summed E-state index contributed by atoms with van der Waals surface area (Å²) in [5.41, 5.74) is 6.26. The van der Waals surface area contributed by atoms with Gasteiger partial charge in [0, 0.05) is 19.2 Å². The van der Waals surface area contributed by atoms with Crippen molar-refractivity contribution in [1.82, 2.24) is 0 Å². The third-order valence-electron chi connectivity index (χ3n) is 5.42. The zero-order valence-electron chi connectivity index (χ0n) is 16.0. The van der Waals surface area contributed by atoms with Crippen molar-refractivity contribution in [2.24, 2.45) is 0 Å². The first-order valence-corrected chi connectivity index (χ1v) is 11.0. The number of hydrogen-bond donors (Lipinski definition) is 0. The van der Waals surface area contributed by atoms with Crippen LogP contribution in [0.25, 0.3) is 47.1 Å². The first-order chi connectivity index (χ1) is 14.1. The van der Waals surface area contributed by atoms with Crippen LogP contribution in [0.1, 0.15) is 11.1 Å². The predicted octanol–water partition coefficient (Wildman–Crippen LogP) is 5.99. The van der Waals surface area contributed by atoms with Crippen LogP contribution < -0.4 is 10.9 Å². The van der Waals surface area contributed by atoms with Crippen molar-refractivity contribution in [2.75, 3.05) is 0 Å². The molecule has 0 aliphatic rings. The van der Waals surface area contributed by atoms with Crippen LogP contribution in [0, 0.1) is 6.92 Å². The first-order valence-electron chi connectivity index (χ1n) is 9.40. The van der Waals surface area contributed by atoms with Crippen LogP contribution in [0.2, 0.25) is 0 Å². The number of thiophene rings is 2. The van der Waals surface area contributed by atoms with E-state index in [2.05, 4.69) is 49.9 Å². The van der Waals surface area contributed by atoms with Crippen molar-refractivity contribution in [2.45, 2.75) is 6.92 Å². The summed E-state index contributed by atoms with van der Waals surface area (Å²) in [6.45, 7) is 6.18. The molecule has 4 radical (unpaired) electrons. The number of fused-ring (bicyclic) bond motifs is 2. The number of aryl methyl sites for hydroxylation is 1. The fourth-order valence-corrected chi connectivity index (χ4v) is 6.34. The second kappa shape index (κ2) is 7.05. The van der Waals surface area contributed by atoms with Gasteiger partial charge in [0.05, 0.1) is 0 Å². The fraction of sp³-hybridized carbons (Fsp3) is 0.0400. The number of hydrogen-bond acceptors (Lipinski definition) is 2. The summed E-state index contributed by atoms with van der Waals surface area (Å²) in [6.07, 6.45) is 1.92. The van der Waals surface area contributed by atoms with Crippen molar-refractivity contribution in [3.63, 3.8) is 0 Å². The van der Waals surface area contributed by atoms with Gasteiger partial charge in [0.25, 0.3) is 0 Å². The molecule has 0 amide bonds. The zero-order chi connectivity index (χ0) is 20.1. The Labute approximate surface area is 181 Å². The van der Waals surface area contributed by atoms with Crippen LogP contribution in [0.3, 0.4) is 0 Å². The van der Waals surface area contributed by atoms with Gasteiger partial charge in [0.2, 0.25) is 0 Å². The Morgan fingerprint density at radius 2 is 1.41 bits per heavy atom. The van der Waals surface area contributed by atoms with Crippen molar-refractivity contribution in [3.05, 3.63) is 78.4 Å². The lowest BCUT2D eigenvalue weighted by Crippen LogP contribution is -2.10. The molecule has 5 rings (SSSR count). The fourth-order valence-electron chi connectivity index (χ4n) is 3.87. The molecule has 134 valence electrons. The van der Waals surface area contributed by atoms with Gasteiger partial charge in [-0.1, -0.05) is 72.1 Å². The third kappa shape index (κ3) is 2.90. The molecule has 29 heavy (non-hydrogen) atoms. The van der Waals surface area contributed by atoms with E-state index in [1.165, 1.54) is 30.8 Å². The summed E-state index contributed by atoms with van der Waals surface area (Å²) in [5, 5.41) is 2.38. The van der Waals surface area contributed by atoms with E-state index >= 15 is 0 Å². The molecular formula is C25H16B2S2. The lowest BCUT2D eigenvalue weighted by atomic mass is 9.84. The second-order valence-electron chi connectivity index (χ2n) is 7.12. The molecule has 2 heterocycles. The first kappa shape index (κ1) is 18.5. The maximum Gasteiger partial charge on any atom is 0.116 e. The summed E-state index contributed by atoms with van der Waals surface area (Å²) in [6, 6.07) is 20.8. The summed E-state index contributed by atoms with van der Waals surface area (Å²) in [5.74, 6) is 0. The molecule has 0 fully saturated rings. The molecule has 0 saturated carbocycles. The van der Waals surface area contributed by atoms with Crippen LogP contribution >= 0.6 is 22.7 Å². The van der Waals surface area contributed by atoms with Crippen molar-refractivity contribution in [1.29, 1.82) is 0 Å². The summed E-state index contributed by atoms with van der Waals surface area (Å²) in [7, 11) is 12.8. The lowest BCUT2D eigenvalue weighted by Gasteiger charge is -2.04. The summed E-state index contributed by atoms with van der Waals surface area (Å²) >= 11 is 3.53. The largest absolute Gasteiger partial charge is 0.136 e. The number of benzene rings is 3. The van der Waals surface area contributed by atoms with E-state index in [4.69, 9.17) is 15.7 Å². The van der Waals surface area contributed by atoms with Gasteiger partial charge in [-0.15, -0.1) is 22.7 Å². The van der Waals surface area contributed by atoms with Gasteiger partial charge in [0.1, 0.15) is 15.7 Å². The van der Waals surface area contributed by atoms with Crippen molar-refractivity contribution < 1.29 is 0 Å². The normalized spacial score (nSPS) is 11.3. The van der Waals surface area contributed by atoms with E-state index < -0.39 is 0 Å². The van der Waals surface area contributed by atoms with Crippen LogP contribution in [0.15, 0.2) is 67.2 Å². The SMILES string of the molecule is [B]c1ccccc1-c1sc2cc3c(C)c(-c4ccccc4C=C)sc3cc2c1[B]. The Kier molecular flexibility index (Phi) is 4.49. The van der Waals surface area contributed by atoms with E-state index in [1.54, 1.807) is 11.3 Å². The predicted molar refractivity (Wildman–Crippen MR) is 134 cm³/mol. The highest BCUT2D eigenvalue weighted by molar-refractivity contribution is 7.25. The highest BCUT2D eigenvalue weighted by Crippen LogP contribution is 2.42. The molecular weight excluding hydrogens is 386 g/mol. The van der Waals surface area contributed by atoms with Crippen LogP contribution in [0.5, 0.6) is 0 Å². The Hall–Kier alpha value is -2.55. The molecule has 0 spiro atoms. The minimum atomic E-state index is 0.757. The standard InChI is InChI=1S/C25H16B2S2/c1-3-15-8-4-5-9-16(15)24-14(2)18-12-22-19(13-21(18)28-24)23(27)25(29-22)17-10-6-7-11-20(17)26/h3-13H,1H2,2H3. The molecule has 0 N–H and O–H groups in total. The zero-order valence-corrected chi connectivity index (χ0v) is 17.7. The monoisotopic (exact) mass is 402 g/mol. The van der Waals surface area contributed by atoms with E-state index in [0.29, 0.717) is 0 Å². The minimum Gasteiger partial charge on any atom is -0.136 e. The maximum atomic E-state index is 6.58. The van der Waals surface area contributed by atoms with Crippen molar-refractivity contribution >= 4 is 75.5 Å². The van der Waals surface area contributed by atoms with Gasteiger partial charge in [-0.2, -0.15) is 0 Å². The van der Waals surface area contributed by atoms with Gasteiger partial charge in [-0.3, -0.25) is 0 Å². The summed E-state index contributed by atoms with van der Waals surface area (Å²) in [4.78, 5) is 2.34. The molecule has 0 aliphatic heterocycles. The maximum absolute atomic E-state index is 6.58. The average Bonchev–Trinajstić information content (AvgIpc) is 3.23. The van der Waals surface area contributed by atoms with Gasteiger partial charge in [0.15, 0.2) is 0 Å². The van der Waals surface area contributed by atoms with Gasteiger partial charge in [-0.25, -0.2) is 0 Å². The molecule has 3 aromatic carbocycles. The Bertz CT molecular complexity index is 1410. The van der Waals surface area contributed by atoms with Gasteiger partial charge < -0.3 is 0 Å². The molecule has 0 atom stereocenters. The average molecular weight is 402 g/mol. The molecule has 5 aromatic rings. The molecule has 0 bridgehead atoms. The van der Waals surface area contributed by atoms with Gasteiger partial charge in [-0.05, 0) is 52.1 Å². The van der Waals surface area contributed by atoms with E-state index in [-0.39, 0.29) is 0 Å². The lowest BCUT2D eigenvalue weighted by molar-refractivity contribution is 1.56. The Morgan fingerprint density at radius 1 is 0.793 bits per heavy atom. The number of rotatable bonds is 3. The smallest absolute Gasteiger partial charge is 0.116 e. The quantitative estimate of drug-likeness (QED) is 0.326. The third-order valence-corrected chi connectivity index (χ3v) is 7.91. The van der Waals surface area contributed by atoms with E-state index in [0.717, 1.165) is 32.3 Å². The summed E-state index contributed by atoms with van der Waals surface area (Å²) < 4.78 is 2.44. The van der Waals surface area contributed by atoms with Crippen LogP contribution in [-0.4, -0.2) is 15.7 Å². The molecule has 2 aromatic heterocycles. The van der Waals surface area contributed by atoms with E-state index in [1.807, 2.05) is 41.7 Å². The molecule has 0 nitrogen and oxygen atoms in total. The van der Waals surface area contributed by atoms with Gasteiger partial charge >= 0.3 is 0 Å². The van der Waals surface area contributed by atoms with Crippen LogP contribution in [-0.2, 0) is 0 Å². The van der Waals surface area contributed by atoms with E-state index in [9.17, 15) is 0 Å². The van der Waals surface area contributed by atoms with Crippen molar-refractivity contribution in [3.8, 4) is 20.9 Å². The highest BCUT2D eigenvalue weighted by atomic mass is 32.1. The Balaban J connectivity index is 1.74. The molecule has 0 saturated heterocycles. The topological polar surface area (TPSA) is 0 Å². The van der Waals surface area contributed by atoms with Crippen LogP contribution in [0.4, 0.5) is 0 Å². The molecule has 0 aliphatic carbocycles. The highest BCUT2D eigenvalue weighted by Gasteiger charge is 2.17. The Morgan fingerprint density at radius 3 is 2.17 bits per heavy atom. The minimum absolute atomic E-state index is 0.757. The second-order valence-corrected chi connectivity index (χ2v) is 9.23. The molecule has 4 heteroatoms.